The Morgan fingerprint density at radius 1 is 0.696 bits per heavy atom. The van der Waals surface area contributed by atoms with Crippen LogP contribution in [0.1, 0.15) is 51.4 Å². The average molecular weight is 698 g/mol. The summed E-state index contributed by atoms with van der Waals surface area (Å²) in [5.74, 6) is 1.51. The molecule has 0 aromatic heterocycles. The van der Waals surface area contributed by atoms with Gasteiger partial charge in [-0.15, -0.1) is 9.95 Å². The number of rotatable bonds is 2. The van der Waals surface area contributed by atoms with Crippen LogP contribution in [0.25, 0.3) is 4.95 Å². The summed E-state index contributed by atoms with van der Waals surface area (Å²) in [7, 11) is 0. The number of halogens is 4. The van der Waals surface area contributed by atoms with Gasteiger partial charge < -0.3 is 9.80 Å². The Labute approximate surface area is 286 Å². The maximum Gasteiger partial charge on any atom is 0.295 e. The van der Waals surface area contributed by atoms with Crippen molar-refractivity contribution in [3.05, 3.63) is 68.0 Å². The molecule has 6 saturated heterocycles. The lowest BCUT2D eigenvalue weighted by atomic mass is 9.75. The highest BCUT2D eigenvalue weighted by Gasteiger charge is 2.57. The zero-order valence-electron chi connectivity index (χ0n) is 24.5. The van der Waals surface area contributed by atoms with Gasteiger partial charge in [-0.05, 0) is 99.6 Å². The van der Waals surface area contributed by atoms with Gasteiger partial charge in [-0.2, -0.15) is 11.8 Å². The van der Waals surface area contributed by atoms with E-state index in [0.29, 0.717) is 61.3 Å². The second-order valence-corrected chi connectivity index (χ2v) is 14.0. The number of piperidine rings is 4. The first-order valence-electron chi connectivity index (χ1n) is 15.3. The number of carbonyl (C=O) groups is 2. The molecule has 2 aliphatic carbocycles. The van der Waals surface area contributed by atoms with Crippen molar-refractivity contribution in [2.45, 2.75) is 75.5 Å². The zero-order chi connectivity index (χ0) is 32.3. The fraction of sp³-hybridized carbons (Fsp3) is 0.438. The first kappa shape index (κ1) is 31.1. The van der Waals surface area contributed by atoms with Gasteiger partial charge in [0.1, 0.15) is 17.2 Å². The van der Waals surface area contributed by atoms with E-state index in [-0.39, 0.29) is 29.9 Å². The minimum Gasteiger partial charge on any atom is -0.326 e. The Morgan fingerprint density at radius 3 is 1.54 bits per heavy atom. The molecule has 10 nitrogen and oxygen atoms in total. The van der Waals surface area contributed by atoms with Crippen LogP contribution in [0.15, 0.2) is 46.5 Å². The summed E-state index contributed by atoms with van der Waals surface area (Å²) in [6.07, 6.45) is 10.3. The lowest BCUT2D eigenvalue weighted by molar-refractivity contribution is -0.125. The highest BCUT2D eigenvalue weighted by atomic mass is 35.5. The summed E-state index contributed by atoms with van der Waals surface area (Å²) in [5, 5.41) is 14.7. The third-order valence-corrected chi connectivity index (χ3v) is 11.7. The van der Waals surface area contributed by atoms with E-state index < -0.39 is 0 Å². The molecule has 236 valence electrons. The van der Waals surface area contributed by atoms with E-state index in [0.717, 1.165) is 51.4 Å². The summed E-state index contributed by atoms with van der Waals surface area (Å²) >= 11 is 24.1. The molecule has 8 aliphatic rings. The molecule has 2 aromatic rings. The minimum absolute atomic E-state index is 0.0137. The number of nitrogens with zero attached hydrogens (tertiary/aromatic N) is 8. The molecule has 2 amide bonds. The number of aliphatic imine (C=N–C) groups is 1. The van der Waals surface area contributed by atoms with E-state index in [1.807, 2.05) is 11.1 Å². The zero-order valence-corrected chi connectivity index (χ0v) is 27.5. The molecule has 0 N–H and O–H groups in total. The van der Waals surface area contributed by atoms with Gasteiger partial charge >= 0.3 is 0 Å². The van der Waals surface area contributed by atoms with Crippen molar-refractivity contribution in [1.29, 1.82) is 5.26 Å². The molecular weight excluding hydrogens is 670 g/mol. The Balaban J connectivity index is 0.000000147. The van der Waals surface area contributed by atoms with Crippen molar-refractivity contribution in [3.8, 4) is 6.19 Å². The highest BCUT2D eigenvalue weighted by Crippen LogP contribution is 2.46. The second kappa shape index (κ2) is 12.2. The summed E-state index contributed by atoms with van der Waals surface area (Å²) in [4.78, 5) is 40.4. The number of fused-ring (bicyclic) bond motifs is 4. The van der Waals surface area contributed by atoms with Crippen molar-refractivity contribution in [2.24, 2.45) is 21.9 Å². The number of guanidine groups is 2. The first-order chi connectivity index (χ1) is 22.2. The molecular formula is C32H28Cl4N8O2. The maximum atomic E-state index is 13.0. The fourth-order valence-corrected chi connectivity index (χ4v) is 8.82. The third kappa shape index (κ3) is 4.98. The summed E-state index contributed by atoms with van der Waals surface area (Å²) < 4.78 is 0. The predicted molar refractivity (Wildman–Crippen MR) is 178 cm³/mol. The van der Waals surface area contributed by atoms with Crippen LogP contribution in [0.2, 0.25) is 20.1 Å². The summed E-state index contributed by atoms with van der Waals surface area (Å²) in [5.41, 5.74) is 1.22. The van der Waals surface area contributed by atoms with Crippen LogP contribution in [-0.2, 0) is 9.59 Å². The number of benzene rings is 2. The third-order valence-electron chi connectivity index (χ3n) is 10.2. The van der Waals surface area contributed by atoms with Gasteiger partial charge in [0.25, 0.3) is 17.8 Å². The molecule has 46 heavy (non-hydrogen) atoms. The number of anilines is 2. The molecule has 0 unspecified atom stereocenters. The molecule has 10 rings (SSSR count). The first-order valence-corrected chi connectivity index (χ1v) is 16.8. The van der Waals surface area contributed by atoms with Gasteiger partial charge in [0, 0.05) is 12.1 Å². The van der Waals surface area contributed by atoms with Crippen LogP contribution < -0.4 is 9.80 Å². The van der Waals surface area contributed by atoms with Crippen LogP contribution in [0.5, 0.6) is 0 Å². The smallest absolute Gasteiger partial charge is 0.295 e. The summed E-state index contributed by atoms with van der Waals surface area (Å²) in [6.45, 7) is 7.13. The molecule has 2 aromatic carbocycles. The van der Waals surface area contributed by atoms with E-state index in [9.17, 15) is 9.59 Å². The fourth-order valence-electron chi connectivity index (χ4n) is 8.24. The second-order valence-electron chi connectivity index (χ2n) is 12.4. The molecule has 14 heteroatoms. The molecule has 0 radical (unpaired) electrons. The SMILES string of the molecule is N#CN=C1N(c2ccc(Cl)c(Cl)c2)C(=O)[C@H]2C3CCC(CC3)N12.[C-]#[N+]/N=C1\N(c2ccc(Cl)c(Cl)c2)C(=O)[C@@H]2C3CCC(CC3)N12. The van der Waals surface area contributed by atoms with E-state index in [2.05, 4.69) is 19.9 Å². The topological polar surface area (TPSA) is 100.0 Å². The standard InChI is InChI=1S/2C16H14Cl2N4O/c1-19-20-16-21-10-4-2-9(3-5-10)14(21)15(23)22(16)11-6-7-12(17)13(18)8-11;17-12-6-5-11(7-13(12)18)22-15(23)14-9-1-3-10(4-2-9)21(14)16(22)20-8-19/h6-10,14H,2-5H2;5-7,9-10,14H,1-4H2/b20-16-;/t2*9?,10?,14-/m01/s1. The van der Waals surface area contributed by atoms with Crippen LogP contribution in [-0.4, -0.2) is 57.7 Å². The average Bonchev–Trinajstić information content (AvgIpc) is 3.55. The van der Waals surface area contributed by atoms with E-state index in [4.69, 9.17) is 58.2 Å². The van der Waals surface area contributed by atoms with Gasteiger partial charge in [-0.3, -0.25) is 9.59 Å². The Bertz CT molecular complexity index is 1630. The van der Waals surface area contributed by atoms with Crippen LogP contribution >= 0.6 is 46.4 Å². The molecule has 2 atom stereocenters. The largest absolute Gasteiger partial charge is 0.326 e. The van der Waals surface area contributed by atoms with Gasteiger partial charge in [0.05, 0.1) is 31.5 Å². The van der Waals surface area contributed by atoms with Gasteiger partial charge in [-0.25, -0.2) is 9.80 Å². The lowest BCUT2D eigenvalue weighted by Crippen LogP contribution is -2.55. The van der Waals surface area contributed by atoms with Gasteiger partial charge in [0.15, 0.2) is 0 Å². The van der Waals surface area contributed by atoms with Crippen molar-refractivity contribution in [2.75, 3.05) is 9.80 Å². The molecule has 2 saturated carbocycles. The van der Waals surface area contributed by atoms with E-state index in [1.54, 1.807) is 36.4 Å². The number of carbonyl (C=O) groups excluding carboxylic acids is 2. The minimum atomic E-state index is -0.205. The Morgan fingerprint density at radius 2 is 1.13 bits per heavy atom. The molecule has 6 aliphatic heterocycles. The highest BCUT2D eigenvalue weighted by molar-refractivity contribution is 6.43. The van der Waals surface area contributed by atoms with Crippen molar-refractivity contribution < 1.29 is 9.59 Å². The van der Waals surface area contributed by atoms with Gasteiger partial charge in [-0.1, -0.05) is 46.4 Å². The number of hydrogen-bond donors (Lipinski definition) is 0. The number of nitriles is 1. The summed E-state index contributed by atoms with van der Waals surface area (Å²) in [6, 6.07) is 10.3. The quantitative estimate of drug-likeness (QED) is 0.188. The van der Waals surface area contributed by atoms with E-state index >= 15 is 0 Å². The maximum absolute atomic E-state index is 13.0. The lowest BCUT2D eigenvalue weighted by Gasteiger charge is -2.46. The van der Waals surface area contributed by atoms with Crippen molar-refractivity contribution >= 4 is 81.5 Å². The molecule has 6 heterocycles. The number of amides is 2. The predicted octanol–water partition coefficient (Wildman–Crippen LogP) is 7.19. The molecule has 4 bridgehead atoms. The van der Waals surface area contributed by atoms with Crippen molar-refractivity contribution in [3.63, 3.8) is 0 Å². The van der Waals surface area contributed by atoms with Crippen LogP contribution in [0, 0.1) is 29.9 Å². The van der Waals surface area contributed by atoms with E-state index in [1.165, 1.54) is 9.80 Å². The van der Waals surface area contributed by atoms with Crippen molar-refractivity contribution in [1.82, 2.24) is 9.80 Å². The monoisotopic (exact) mass is 696 g/mol. The molecule has 8 fully saturated rings. The van der Waals surface area contributed by atoms with Gasteiger partial charge in [0.2, 0.25) is 12.2 Å². The Kier molecular flexibility index (Phi) is 8.27. The van der Waals surface area contributed by atoms with Crippen LogP contribution in [0.3, 0.4) is 0 Å². The molecule has 0 spiro atoms. The Hall–Kier alpha value is -3.54. The normalized spacial score (nSPS) is 30.7. The van der Waals surface area contributed by atoms with Crippen LogP contribution in [0.4, 0.5) is 11.4 Å². The number of hydrogen-bond acceptors (Lipinski definition) is 5.